The van der Waals surface area contributed by atoms with Gasteiger partial charge in [0.2, 0.25) is 0 Å². The van der Waals surface area contributed by atoms with E-state index in [0.717, 1.165) is 22.3 Å². The van der Waals surface area contributed by atoms with Crippen LogP contribution in [0.1, 0.15) is 43.7 Å². The van der Waals surface area contributed by atoms with E-state index in [2.05, 4.69) is 24.3 Å². The van der Waals surface area contributed by atoms with Gasteiger partial charge in [0.1, 0.15) is 12.6 Å². The van der Waals surface area contributed by atoms with Gasteiger partial charge in [-0.1, -0.05) is 62.4 Å². The molecule has 142 valence electrons. The van der Waals surface area contributed by atoms with Gasteiger partial charge in [0, 0.05) is 12.5 Å². The molecule has 27 heavy (non-hydrogen) atoms. The van der Waals surface area contributed by atoms with E-state index in [-0.39, 0.29) is 12.5 Å². The predicted molar refractivity (Wildman–Crippen MR) is 104 cm³/mol. The average Bonchev–Trinajstić information content (AvgIpc) is 3.00. The van der Waals surface area contributed by atoms with Crippen LogP contribution in [0.5, 0.6) is 0 Å². The van der Waals surface area contributed by atoms with Gasteiger partial charge in [-0.05, 0) is 35.1 Å². The summed E-state index contributed by atoms with van der Waals surface area (Å²) in [6.07, 6.45) is 0.459. The number of carboxylic acids is 1. The van der Waals surface area contributed by atoms with Gasteiger partial charge in [-0.2, -0.15) is 0 Å². The molecule has 2 aromatic rings. The number of carboxylic acid groups (broad SMARTS) is 1. The minimum absolute atomic E-state index is 0.0327. The van der Waals surface area contributed by atoms with E-state index in [1.807, 2.05) is 31.2 Å². The summed E-state index contributed by atoms with van der Waals surface area (Å²) in [6, 6.07) is 15.4. The molecule has 1 N–H and O–H groups in total. The first kappa shape index (κ1) is 19.0. The van der Waals surface area contributed by atoms with Gasteiger partial charge >= 0.3 is 12.1 Å². The predicted octanol–water partition coefficient (Wildman–Crippen LogP) is 4.51. The third-order valence-electron chi connectivity index (χ3n) is 5.08. The van der Waals surface area contributed by atoms with E-state index in [9.17, 15) is 14.7 Å². The summed E-state index contributed by atoms with van der Waals surface area (Å²) in [6.45, 7) is 4.24. The second-order valence-corrected chi connectivity index (χ2v) is 6.76. The molecule has 0 fully saturated rings. The Labute approximate surface area is 159 Å². The van der Waals surface area contributed by atoms with E-state index < -0.39 is 18.1 Å². The minimum Gasteiger partial charge on any atom is -0.480 e. The zero-order valence-corrected chi connectivity index (χ0v) is 15.7. The molecule has 5 heteroatoms. The van der Waals surface area contributed by atoms with E-state index in [1.165, 1.54) is 4.90 Å². The Morgan fingerprint density at radius 2 is 1.59 bits per heavy atom. The first-order valence-electron chi connectivity index (χ1n) is 9.42. The molecule has 2 aromatic carbocycles. The number of hydrogen-bond donors (Lipinski definition) is 1. The number of carbonyl (C=O) groups excluding carboxylic acids is 1. The van der Waals surface area contributed by atoms with Gasteiger partial charge in [-0.15, -0.1) is 0 Å². The number of hydrogen-bond acceptors (Lipinski definition) is 3. The first-order chi connectivity index (χ1) is 13.1. The lowest BCUT2D eigenvalue weighted by Gasteiger charge is -2.27. The zero-order valence-electron chi connectivity index (χ0n) is 15.7. The van der Waals surface area contributed by atoms with E-state index in [4.69, 9.17) is 4.74 Å². The van der Waals surface area contributed by atoms with Gasteiger partial charge in [0.15, 0.2) is 0 Å². The minimum atomic E-state index is -1.00. The summed E-state index contributed by atoms with van der Waals surface area (Å²) in [5.41, 5.74) is 4.60. The highest BCUT2D eigenvalue weighted by molar-refractivity contribution is 5.81. The maximum Gasteiger partial charge on any atom is 0.410 e. The summed E-state index contributed by atoms with van der Waals surface area (Å²) in [5, 5.41) is 9.41. The second kappa shape index (κ2) is 8.25. The van der Waals surface area contributed by atoms with Crippen molar-refractivity contribution in [2.75, 3.05) is 13.2 Å². The third-order valence-corrected chi connectivity index (χ3v) is 5.08. The average molecular weight is 367 g/mol. The van der Waals surface area contributed by atoms with Crippen LogP contribution < -0.4 is 0 Å². The van der Waals surface area contributed by atoms with Crippen molar-refractivity contribution in [1.82, 2.24) is 4.90 Å². The highest BCUT2D eigenvalue weighted by Gasteiger charge is 2.32. The Kier molecular flexibility index (Phi) is 5.79. The summed E-state index contributed by atoms with van der Waals surface area (Å²) < 4.78 is 5.61. The van der Waals surface area contributed by atoms with E-state index in [1.54, 1.807) is 6.92 Å². The van der Waals surface area contributed by atoms with Crippen molar-refractivity contribution >= 4 is 12.1 Å². The second-order valence-electron chi connectivity index (χ2n) is 6.76. The quantitative estimate of drug-likeness (QED) is 0.782. The largest absolute Gasteiger partial charge is 0.480 e. The standard InChI is InChI=1S/C22H25NO4/c1-3-13-23(20(4-2)21(24)25)22(26)27-14-19-17-11-7-5-9-15(17)16-10-6-8-12-18(16)19/h5-12,19-20H,3-4,13-14H2,1-2H3,(H,24,25). The molecule has 5 nitrogen and oxygen atoms in total. The Bertz CT molecular complexity index is 787. The highest BCUT2D eigenvalue weighted by atomic mass is 16.6. The van der Waals surface area contributed by atoms with Crippen LogP contribution in [0.15, 0.2) is 48.5 Å². The lowest BCUT2D eigenvalue weighted by molar-refractivity contribution is -0.142. The molecule has 0 radical (unpaired) electrons. The Morgan fingerprint density at radius 1 is 1.04 bits per heavy atom. The van der Waals surface area contributed by atoms with Crippen molar-refractivity contribution < 1.29 is 19.4 Å². The van der Waals surface area contributed by atoms with Crippen LogP contribution in [0.4, 0.5) is 4.79 Å². The summed E-state index contributed by atoms with van der Waals surface area (Å²) >= 11 is 0. The molecule has 0 heterocycles. The summed E-state index contributed by atoms with van der Waals surface area (Å²) in [7, 11) is 0. The molecule has 0 saturated carbocycles. The molecule has 1 unspecified atom stereocenters. The molecule has 1 aliphatic carbocycles. The van der Waals surface area contributed by atoms with Gasteiger partial charge in [-0.3, -0.25) is 4.90 Å². The normalized spacial score (nSPS) is 13.6. The third kappa shape index (κ3) is 3.68. The maximum atomic E-state index is 12.7. The summed E-state index contributed by atoms with van der Waals surface area (Å²) in [4.78, 5) is 25.5. The summed E-state index contributed by atoms with van der Waals surface area (Å²) in [5.74, 6) is -1.03. The maximum absolute atomic E-state index is 12.7. The van der Waals surface area contributed by atoms with Crippen molar-refractivity contribution in [2.45, 2.75) is 38.6 Å². The van der Waals surface area contributed by atoms with E-state index >= 15 is 0 Å². The number of carbonyl (C=O) groups is 2. The SMILES string of the molecule is CCCN(C(=O)OCC1c2ccccc2-c2ccccc21)C(CC)C(=O)O. The molecule has 0 spiro atoms. The lowest BCUT2D eigenvalue weighted by Crippen LogP contribution is -2.45. The Morgan fingerprint density at radius 3 is 2.07 bits per heavy atom. The molecule has 0 aliphatic heterocycles. The Balaban J connectivity index is 1.79. The van der Waals surface area contributed by atoms with Crippen LogP contribution in [0.3, 0.4) is 0 Å². The smallest absolute Gasteiger partial charge is 0.410 e. The first-order valence-corrected chi connectivity index (χ1v) is 9.42. The van der Waals surface area contributed by atoms with Crippen LogP contribution in [0.2, 0.25) is 0 Å². The number of rotatable bonds is 7. The highest BCUT2D eigenvalue weighted by Crippen LogP contribution is 2.44. The molecule has 0 saturated heterocycles. The molecular weight excluding hydrogens is 342 g/mol. The van der Waals surface area contributed by atoms with Crippen LogP contribution >= 0.6 is 0 Å². The van der Waals surface area contributed by atoms with Crippen molar-refractivity contribution in [3.05, 3.63) is 59.7 Å². The molecular formula is C22H25NO4. The number of ether oxygens (including phenoxy) is 1. The van der Waals surface area contributed by atoms with Crippen molar-refractivity contribution in [2.24, 2.45) is 0 Å². The number of amides is 1. The van der Waals surface area contributed by atoms with Gasteiger partial charge in [0.05, 0.1) is 0 Å². The fourth-order valence-electron chi connectivity index (χ4n) is 3.82. The topological polar surface area (TPSA) is 66.8 Å². The zero-order chi connectivity index (χ0) is 19.4. The van der Waals surface area contributed by atoms with Crippen LogP contribution in [-0.4, -0.2) is 41.3 Å². The van der Waals surface area contributed by atoms with Crippen LogP contribution in [0, 0.1) is 0 Å². The number of aliphatic carboxylic acids is 1. The molecule has 3 rings (SSSR count). The van der Waals surface area contributed by atoms with Crippen LogP contribution in [-0.2, 0) is 9.53 Å². The van der Waals surface area contributed by atoms with Crippen molar-refractivity contribution in [3.8, 4) is 11.1 Å². The Hall–Kier alpha value is -2.82. The van der Waals surface area contributed by atoms with Gasteiger partial charge in [-0.25, -0.2) is 9.59 Å². The monoisotopic (exact) mass is 367 g/mol. The van der Waals surface area contributed by atoms with E-state index in [0.29, 0.717) is 19.4 Å². The molecule has 1 atom stereocenters. The number of fused-ring (bicyclic) bond motifs is 3. The number of benzene rings is 2. The number of nitrogens with zero attached hydrogens (tertiary/aromatic N) is 1. The molecule has 1 aliphatic rings. The van der Waals surface area contributed by atoms with Crippen molar-refractivity contribution in [1.29, 1.82) is 0 Å². The van der Waals surface area contributed by atoms with Crippen LogP contribution in [0.25, 0.3) is 11.1 Å². The molecule has 0 aromatic heterocycles. The van der Waals surface area contributed by atoms with Gasteiger partial charge in [0.25, 0.3) is 0 Å². The molecule has 1 amide bonds. The van der Waals surface area contributed by atoms with Crippen molar-refractivity contribution in [3.63, 3.8) is 0 Å². The molecule has 0 bridgehead atoms. The lowest BCUT2D eigenvalue weighted by atomic mass is 9.98. The fraction of sp³-hybridized carbons (Fsp3) is 0.364. The van der Waals surface area contributed by atoms with Gasteiger partial charge < -0.3 is 9.84 Å². The fourth-order valence-corrected chi connectivity index (χ4v) is 3.82.